The van der Waals surface area contributed by atoms with Crippen molar-refractivity contribution in [3.63, 3.8) is 0 Å². The highest BCUT2D eigenvalue weighted by atomic mass is 16.1. The van der Waals surface area contributed by atoms with E-state index in [4.69, 9.17) is 0 Å². The minimum absolute atomic E-state index is 0.144. The lowest BCUT2D eigenvalue weighted by atomic mass is 9.53. The number of aryl methyl sites for hydroxylation is 1. The quantitative estimate of drug-likeness (QED) is 0.673. The molecule has 0 aliphatic heterocycles. The number of hydrogen-bond acceptors (Lipinski definition) is 3. The van der Waals surface area contributed by atoms with Crippen LogP contribution in [0, 0.1) is 24.7 Å². The number of amides is 1. The van der Waals surface area contributed by atoms with Crippen LogP contribution in [-0.2, 0) is 4.79 Å². The Morgan fingerprint density at radius 1 is 1.00 bits per heavy atom. The van der Waals surface area contributed by atoms with Gasteiger partial charge in [-0.05, 0) is 87.0 Å². The molecule has 150 valence electrons. The minimum atomic E-state index is -0.144. The summed E-state index contributed by atoms with van der Waals surface area (Å²) in [5, 5.41) is 6.67. The molecule has 29 heavy (non-hydrogen) atoms. The number of nitrogens with one attached hydrogen (secondary N) is 2. The van der Waals surface area contributed by atoms with Crippen molar-refractivity contribution in [1.82, 2.24) is 4.98 Å². The van der Waals surface area contributed by atoms with Gasteiger partial charge in [-0.3, -0.25) is 4.79 Å². The molecule has 2 N–H and O–H groups in total. The Kier molecular flexibility index (Phi) is 4.65. The topological polar surface area (TPSA) is 54.0 Å². The SMILES string of the molecule is Cc1ccc(/C=C/C(=O)Nc2ccc(NC34CC5CC(CC(C5)C3)C4)nc2)cc1. The van der Waals surface area contributed by atoms with Gasteiger partial charge in [0.2, 0.25) is 5.91 Å². The van der Waals surface area contributed by atoms with E-state index in [0.29, 0.717) is 0 Å². The Labute approximate surface area is 172 Å². The third kappa shape index (κ3) is 4.07. The fourth-order valence-corrected chi connectivity index (χ4v) is 6.11. The van der Waals surface area contributed by atoms with Crippen LogP contribution >= 0.6 is 0 Å². The van der Waals surface area contributed by atoms with Crippen molar-refractivity contribution < 1.29 is 4.79 Å². The van der Waals surface area contributed by atoms with Gasteiger partial charge < -0.3 is 10.6 Å². The van der Waals surface area contributed by atoms with E-state index in [-0.39, 0.29) is 11.4 Å². The van der Waals surface area contributed by atoms with Crippen molar-refractivity contribution in [1.29, 1.82) is 0 Å². The van der Waals surface area contributed by atoms with Gasteiger partial charge in [0.1, 0.15) is 5.82 Å². The summed E-state index contributed by atoms with van der Waals surface area (Å²) in [6, 6.07) is 12.0. The van der Waals surface area contributed by atoms with Crippen LogP contribution < -0.4 is 10.6 Å². The van der Waals surface area contributed by atoms with Crippen LogP contribution in [0.1, 0.15) is 49.7 Å². The maximum absolute atomic E-state index is 12.2. The van der Waals surface area contributed by atoms with Crippen LogP contribution in [-0.4, -0.2) is 16.4 Å². The van der Waals surface area contributed by atoms with Crippen LogP contribution in [0.5, 0.6) is 0 Å². The zero-order valence-corrected chi connectivity index (χ0v) is 17.0. The lowest BCUT2D eigenvalue weighted by molar-refractivity contribution is -0.111. The van der Waals surface area contributed by atoms with Gasteiger partial charge in [0.05, 0.1) is 11.9 Å². The summed E-state index contributed by atoms with van der Waals surface area (Å²) in [5.41, 5.74) is 3.20. The average Bonchev–Trinajstić information content (AvgIpc) is 2.68. The molecule has 0 radical (unpaired) electrons. The van der Waals surface area contributed by atoms with E-state index in [1.54, 1.807) is 12.3 Å². The summed E-state index contributed by atoms with van der Waals surface area (Å²) in [6.45, 7) is 2.05. The van der Waals surface area contributed by atoms with Gasteiger partial charge in [0.15, 0.2) is 0 Å². The second-order valence-corrected chi connectivity index (χ2v) is 9.49. The van der Waals surface area contributed by atoms with E-state index in [1.165, 1.54) is 44.1 Å². The van der Waals surface area contributed by atoms with Crippen molar-refractivity contribution in [3.8, 4) is 0 Å². The molecule has 4 nitrogen and oxygen atoms in total. The summed E-state index contributed by atoms with van der Waals surface area (Å²) in [5.74, 6) is 3.52. The first-order valence-corrected chi connectivity index (χ1v) is 10.9. The molecular weight excluding hydrogens is 358 g/mol. The van der Waals surface area contributed by atoms with Crippen molar-refractivity contribution >= 4 is 23.5 Å². The highest BCUT2D eigenvalue weighted by Crippen LogP contribution is 2.56. The Bertz CT molecular complexity index is 879. The molecule has 1 heterocycles. The standard InChI is InChI=1S/C25H29N3O/c1-17-2-4-18(5-3-17)6-9-24(29)27-22-7-8-23(26-16-22)28-25-13-19-10-20(14-25)12-21(11-19)15-25/h2-9,16,19-21H,10-15H2,1H3,(H,26,28)(H,27,29)/b9-6+. The summed E-state index contributed by atoms with van der Waals surface area (Å²) >= 11 is 0. The normalized spacial score (nSPS) is 29.9. The monoisotopic (exact) mass is 387 g/mol. The zero-order valence-electron chi connectivity index (χ0n) is 17.0. The Hall–Kier alpha value is -2.62. The fraction of sp³-hybridized carbons (Fsp3) is 0.440. The van der Waals surface area contributed by atoms with E-state index in [1.807, 2.05) is 42.5 Å². The number of carbonyl (C=O) groups excluding carboxylic acids is 1. The molecule has 1 aromatic carbocycles. The second kappa shape index (κ2) is 7.33. The maximum Gasteiger partial charge on any atom is 0.248 e. The van der Waals surface area contributed by atoms with Crippen molar-refractivity contribution in [2.45, 2.75) is 51.0 Å². The molecule has 4 fully saturated rings. The van der Waals surface area contributed by atoms with Crippen molar-refractivity contribution in [3.05, 3.63) is 59.8 Å². The largest absolute Gasteiger partial charge is 0.365 e. The number of hydrogen-bond donors (Lipinski definition) is 2. The van der Waals surface area contributed by atoms with Crippen LogP contribution in [0.3, 0.4) is 0 Å². The highest BCUT2D eigenvalue weighted by Gasteiger charge is 2.51. The first kappa shape index (κ1) is 18.4. The molecule has 4 bridgehead atoms. The molecule has 0 atom stereocenters. The molecule has 2 aromatic rings. The van der Waals surface area contributed by atoms with Gasteiger partial charge >= 0.3 is 0 Å². The van der Waals surface area contributed by atoms with Gasteiger partial charge in [-0.15, -0.1) is 0 Å². The third-order valence-electron chi connectivity index (χ3n) is 6.97. The molecule has 4 aliphatic rings. The van der Waals surface area contributed by atoms with Gasteiger partial charge in [-0.25, -0.2) is 4.98 Å². The average molecular weight is 388 g/mol. The minimum Gasteiger partial charge on any atom is -0.365 e. The zero-order chi connectivity index (χ0) is 19.8. The predicted octanol–water partition coefficient (Wildman–Crippen LogP) is 5.42. The van der Waals surface area contributed by atoms with E-state index in [0.717, 1.165) is 34.8 Å². The van der Waals surface area contributed by atoms with Crippen LogP contribution in [0.2, 0.25) is 0 Å². The molecule has 4 heteroatoms. The summed E-state index contributed by atoms with van der Waals surface area (Å²) in [4.78, 5) is 16.8. The van der Waals surface area contributed by atoms with Gasteiger partial charge in [0.25, 0.3) is 0 Å². The number of pyridine rings is 1. The molecule has 4 saturated carbocycles. The smallest absolute Gasteiger partial charge is 0.248 e. The molecular formula is C25H29N3O. The van der Waals surface area contributed by atoms with Crippen molar-refractivity contribution in [2.24, 2.45) is 17.8 Å². The van der Waals surface area contributed by atoms with Crippen LogP contribution in [0.15, 0.2) is 48.7 Å². The summed E-state index contributed by atoms with van der Waals surface area (Å²) in [6.07, 6.45) is 13.3. The predicted molar refractivity (Wildman–Crippen MR) is 118 cm³/mol. The Morgan fingerprint density at radius 3 is 2.24 bits per heavy atom. The number of anilines is 2. The lowest BCUT2D eigenvalue weighted by Gasteiger charge is -2.57. The van der Waals surface area contributed by atoms with Gasteiger partial charge in [-0.1, -0.05) is 29.8 Å². The third-order valence-corrected chi connectivity index (χ3v) is 6.97. The molecule has 0 unspecified atom stereocenters. The molecule has 1 aromatic heterocycles. The Morgan fingerprint density at radius 2 is 1.66 bits per heavy atom. The second-order valence-electron chi connectivity index (χ2n) is 9.49. The van der Waals surface area contributed by atoms with Crippen LogP contribution in [0.25, 0.3) is 6.08 Å². The Balaban J connectivity index is 1.19. The first-order valence-electron chi connectivity index (χ1n) is 10.9. The molecule has 4 aliphatic carbocycles. The van der Waals surface area contributed by atoms with Gasteiger partial charge in [0, 0.05) is 11.6 Å². The van der Waals surface area contributed by atoms with Gasteiger partial charge in [-0.2, -0.15) is 0 Å². The number of rotatable bonds is 5. The first-order chi connectivity index (χ1) is 14.1. The molecule has 0 spiro atoms. The molecule has 1 amide bonds. The molecule has 0 saturated heterocycles. The number of benzene rings is 1. The van der Waals surface area contributed by atoms with E-state index in [2.05, 4.69) is 22.5 Å². The maximum atomic E-state index is 12.2. The number of nitrogens with zero attached hydrogens (tertiary/aromatic N) is 1. The number of aromatic nitrogens is 1. The van der Waals surface area contributed by atoms with E-state index in [9.17, 15) is 4.79 Å². The number of carbonyl (C=O) groups is 1. The van der Waals surface area contributed by atoms with Crippen LogP contribution in [0.4, 0.5) is 11.5 Å². The highest BCUT2D eigenvalue weighted by molar-refractivity contribution is 6.01. The lowest BCUT2D eigenvalue weighted by Crippen LogP contribution is -2.54. The fourth-order valence-electron chi connectivity index (χ4n) is 6.11. The molecule has 6 rings (SSSR count). The van der Waals surface area contributed by atoms with E-state index < -0.39 is 0 Å². The van der Waals surface area contributed by atoms with Crippen molar-refractivity contribution in [2.75, 3.05) is 10.6 Å². The summed E-state index contributed by atoms with van der Waals surface area (Å²) in [7, 11) is 0. The summed E-state index contributed by atoms with van der Waals surface area (Å²) < 4.78 is 0. The van der Waals surface area contributed by atoms with E-state index >= 15 is 0 Å².